The lowest BCUT2D eigenvalue weighted by atomic mass is 9.93. The molecule has 114 valence electrons. The quantitative estimate of drug-likeness (QED) is 0.848. The molecule has 0 amide bonds. The highest BCUT2D eigenvalue weighted by molar-refractivity contribution is 5.51. The van der Waals surface area contributed by atoms with Crippen LogP contribution in [0, 0.1) is 5.41 Å². The molecule has 0 saturated heterocycles. The van der Waals surface area contributed by atoms with Gasteiger partial charge in [-0.25, -0.2) is 0 Å². The molecule has 2 N–H and O–H groups in total. The fraction of sp³-hybridized carbons (Fsp3) is 0.500. The summed E-state index contributed by atoms with van der Waals surface area (Å²) in [6, 6.07) is 9.82. The monoisotopic (exact) mass is 288 g/mol. The first-order valence-corrected chi connectivity index (χ1v) is 7.34. The second-order valence-electron chi connectivity index (χ2n) is 6.05. The standard InChI is InChI=1S/C16H24N4O/c1-4-20(12-16(2,3)11-17)10-14-18-15(21-19-14)13-8-6-5-7-9-13/h5-9H,4,10-12,17H2,1-3H3. The molecule has 1 aromatic heterocycles. The number of aromatic nitrogens is 2. The zero-order valence-corrected chi connectivity index (χ0v) is 13.0. The van der Waals surface area contributed by atoms with Gasteiger partial charge in [0.25, 0.3) is 5.89 Å². The molecule has 0 saturated carbocycles. The molecule has 0 aliphatic heterocycles. The van der Waals surface area contributed by atoms with E-state index in [1.807, 2.05) is 30.3 Å². The van der Waals surface area contributed by atoms with E-state index in [9.17, 15) is 0 Å². The minimum Gasteiger partial charge on any atom is -0.334 e. The van der Waals surface area contributed by atoms with Crippen molar-refractivity contribution in [2.45, 2.75) is 27.3 Å². The summed E-state index contributed by atoms with van der Waals surface area (Å²) in [5, 5.41) is 4.08. The van der Waals surface area contributed by atoms with E-state index in [0.717, 1.165) is 18.7 Å². The van der Waals surface area contributed by atoms with Gasteiger partial charge in [0.2, 0.25) is 0 Å². The Balaban J connectivity index is 2.04. The van der Waals surface area contributed by atoms with Crippen LogP contribution in [0.2, 0.25) is 0 Å². The summed E-state index contributed by atoms with van der Waals surface area (Å²) in [5.74, 6) is 1.28. The third kappa shape index (κ3) is 4.37. The number of nitrogens with two attached hydrogens (primary N) is 1. The van der Waals surface area contributed by atoms with Gasteiger partial charge in [-0.3, -0.25) is 4.90 Å². The molecule has 21 heavy (non-hydrogen) atoms. The predicted octanol–water partition coefficient (Wildman–Crippen LogP) is 2.54. The number of nitrogens with zero attached hydrogens (tertiary/aromatic N) is 3. The summed E-state index contributed by atoms with van der Waals surface area (Å²) in [6.07, 6.45) is 0. The highest BCUT2D eigenvalue weighted by Gasteiger charge is 2.21. The molecule has 1 heterocycles. The molecule has 0 atom stereocenters. The molecule has 0 unspecified atom stereocenters. The van der Waals surface area contributed by atoms with Crippen LogP contribution in [0.5, 0.6) is 0 Å². The van der Waals surface area contributed by atoms with Crippen molar-refractivity contribution in [1.82, 2.24) is 15.0 Å². The van der Waals surface area contributed by atoms with Crippen molar-refractivity contribution in [3.05, 3.63) is 36.2 Å². The fourth-order valence-electron chi connectivity index (χ4n) is 2.17. The minimum absolute atomic E-state index is 0.0853. The van der Waals surface area contributed by atoms with E-state index < -0.39 is 0 Å². The van der Waals surface area contributed by atoms with E-state index in [4.69, 9.17) is 10.3 Å². The lowest BCUT2D eigenvalue weighted by molar-refractivity contribution is 0.178. The van der Waals surface area contributed by atoms with Crippen molar-refractivity contribution in [3.63, 3.8) is 0 Å². The number of hydrogen-bond acceptors (Lipinski definition) is 5. The maximum Gasteiger partial charge on any atom is 0.257 e. The van der Waals surface area contributed by atoms with E-state index in [0.29, 0.717) is 24.8 Å². The summed E-state index contributed by atoms with van der Waals surface area (Å²) in [6.45, 7) is 9.64. The van der Waals surface area contributed by atoms with Crippen LogP contribution in [0.15, 0.2) is 34.9 Å². The summed E-state index contributed by atoms with van der Waals surface area (Å²) < 4.78 is 5.34. The first-order chi connectivity index (χ1) is 10.0. The van der Waals surface area contributed by atoms with Crippen LogP contribution in [0.25, 0.3) is 11.5 Å². The molecule has 0 aliphatic carbocycles. The highest BCUT2D eigenvalue weighted by atomic mass is 16.5. The summed E-state index contributed by atoms with van der Waals surface area (Å²) in [5.41, 5.74) is 6.84. The average molecular weight is 288 g/mol. The Morgan fingerprint density at radius 2 is 1.95 bits per heavy atom. The van der Waals surface area contributed by atoms with Crippen LogP contribution in [-0.2, 0) is 6.54 Å². The second kappa shape index (κ2) is 6.83. The van der Waals surface area contributed by atoms with Gasteiger partial charge >= 0.3 is 0 Å². The van der Waals surface area contributed by atoms with Gasteiger partial charge in [0.15, 0.2) is 5.82 Å². The topological polar surface area (TPSA) is 68.2 Å². The predicted molar refractivity (Wildman–Crippen MR) is 83.5 cm³/mol. The zero-order valence-electron chi connectivity index (χ0n) is 13.0. The van der Waals surface area contributed by atoms with Gasteiger partial charge in [-0.1, -0.05) is 44.1 Å². The number of hydrogen-bond donors (Lipinski definition) is 1. The third-order valence-electron chi connectivity index (χ3n) is 3.51. The second-order valence-corrected chi connectivity index (χ2v) is 6.05. The van der Waals surface area contributed by atoms with Crippen LogP contribution in [0.1, 0.15) is 26.6 Å². The molecular formula is C16H24N4O. The SMILES string of the molecule is CCN(Cc1noc(-c2ccccc2)n1)CC(C)(C)CN. The smallest absolute Gasteiger partial charge is 0.257 e. The molecule has 5 nitrogen and oxygen atoms in total. The highest BCUT2D eigenvalue weighted by Crippen LogP contribution is 2.19. The normalized spacial score (nSPS) is 12.0. The zero-order chi connectivity index (χ0) is 15.3. The molecule has 0 fully saturated rings. The molecule has 0 radical (unpaired) electrons. The van der Waals surface area contributed by atoms with Crippen LogP contribution < -0.4 is 5.73 Å². The Hall–Kier alpha value is -1.72. The van der Waals surface area contributed by atoms with Crippen molar-refractivity contribution < 1.29 is 4.52 Å². The number of rotatable bonds is 7. The van der Waals surface area contributed by atoms with Gasteiger partial charge in [-0.05, 0) is 30.6 Å². The van der Waals surface area contributed by atoms with E-state index in [1.165, 1.54) is 0 Å². The van der Waals surface area contributed by atoms with Gasteiger partial charge < -0.3 is 10.3 Å². The summed E-state index contributed by atoms with van der Waals surface area (Å²) in [7, 11) is 0. The largest absolute Gasteiger partial charge is 0.334 e. The molecule has 0 spiro atoms. The molecule has 2 rings (SSSR count). The lowest BCUT2D eigenvalue weighted by Gasteiger charge is -2.30. The Kier molecular flexibility index (Phi) is 5.09. The Labute approximate surface area is 126 Å². The summed E-state index contributed by atoms with van der Waals surface area (Å²) >= 11 is 0. The van der Waals surface area contributed by atoms with Crippen molar-refractivity contribution in [2.24, 2.45) is 11.1 Å². The van der Waals surface area contributed by atoms with Gasteiger partial charge in [0.1, 0.15) is 0 Å². The van der Waals surface area contributed by atoms with Gasteiger partial charge in [-0.15, -0.1) is 0 Å². The minimum atomic E-state index is 0.0853. The van der Waals surface area contributed by atoms with Crippen molar-refractivity contribution >= 4 is 0 Å². The average Bonchev–Trinajstić information content (AvgIpc) is 2.96. The molecule has 5 heteroatoms. The van der Waals surface area contributed by atoms with E-state index >= 15 is 0 Å². The Morgan fingerprint density at radius 3 is 2.57 bits per heavy atom. The molecule has 0 bridgehead atoms. The molecule has 2 aromatic rings. The maximum absolute atomic E-state index is 5.81. The van der Waals surface area contributed by atoms with E-state index in [2.05, 4.69) is 35.8 Å². The first-order valence-electron chi connectivity index (χ1n) is 7.34. The van der Waals surface area contributed by atoms with Gasteiger partial charge in [0, 0.05) is 12.1 Å². The maximum atomic E-state index is 5.81. The first kappa shape index (κ1) is 15.7. The Bertz CT molecular complexity index is 550. The fourth-order valence-corrected chi connectivity index (χ4v) is 2.17. The molecule has 0 aliphatic rings. The number of benzene rings is 1. The van der Waals surface area contributed by atoms with Gasteiger partial charge in [-0.2, -0.15) is 4.98 Å². The lowest BCUT2D eigenvalue weighted by Crippen LogP contribution is -2.38. The summed E-state index contributed by atoms with van der Waals surface area (Å²) in [4.78, 5) is 6.76. The van der Waals surface area contributed by atoms with Crippen LogP contribution in [-0.4, -0.2) is 34.7 Å². The molecular weight excluding hydrogens is 264 g/mol. The molecule has 1 aromatic carbocycles. The Morgan fingerprint density at radius 1 is 1.24 bits per heavy atom. The van der Waals surface area contributed by atoms with Crippen LogP contribution in [0.3, 0.4) is 0 Å². The van der Waals surface area contributed by atoms with E-state index in [-0.39, 0.29) is 5.41 Å². The van der Waals surface area contributed by atoms with Crippen molar-refractivity contribution in [3.8, 4) is 11.5 Å². The van der Waals surface area contributed by atoms with E-state index in [1.54, 1.807) is 0 Å². The van der Waals surface area contributed by atoms with Crippen molar-refractivity contribution in [2.75, 3.05) is 19.6 Å². The van der Waals surface area contributed by atoms with Crippen LogP contribution >= 0.6 is 0 Å². The van der Waals surface area contributed by atoms with Gasteiger partial charge in [0.05, 0.1) is 6.54 Å². The third-order valence-corrected chi connectivity index (χ3v) is 3.51. The van der Waals surface area contributed by atoms with Crippen LogP contribution in [0.4, 0.5) is 0 Å². The van der Waals surface area contributed by atoms with Crippen molar-refractivity contribution in [1.29, 1.82) is 0 Å².